The molecule has 4 aromatic rings. The number of fused-ring (bicyclic) bond motifs is 1. The molecule has 3 heterocycles. The molecule has 0 bridgehead atoms. The molecule has 0 amide bonds. The van der Waals surface area contributed by atoms with Crippen LogP contribution in [-0.2, 0) is 0 Å². The Bertz CT molecular complexity index is 1010. The topological polar surface area (TPSA) is 56.2 Å². The first-order valence-corrected chi connectivity index (χ1v) is 8.04. The van der Waals surface area contributed by atoms with Gasteiger partial charge in [-0.1, -0.05) is 47.2 Å². The summed E-state index contributed by atoms with van der Waals surface area (Å²) in [7, 11) is 0. The van der Waals surface area contributed by atoms with E-state index in [4.69, 9.17) is 4.42 Å². The van der Waals surface area contributed by atoms with Gasteiger partial charge < -0.3 is 4.42 Å². The molecule has 0 saturated heterocycles. The summed E-state index contributed by atoms with van der Waals surface area (Å²) < 4.78 is 7.10. The van der Waals surface area contributed by atoms with Crippen LogP contribution < -0.4 is 0 Å². The second-order valence-corrected chi connectivity index (χ2v) is 6.28. The number of hydrogen-bond donors (Lipinski definition) is 0. The van der Waals surface area contributed by atoms with Crippen molar-refractivity contribution in [3.8, 4) is 11.4 Å². The molecule has 6 heteroatoms. The van der Waals surface area contributed by atoms with Crippen LogP contribution in [0.15, 0.2) is 41.0 Å². The number of benzene rings is 1. The lowest BCUT2D eigenvalue weighted by molar-refractivity contribution is 0.535. The fourth-order valence-corrected chi connectivity index (χ4v) is 3.17. The smallest absolute Gasteiger partial charge is 0.235 e. The summed E-state index contributed by atoms with van der Waals surface area (Å²) in [6, 6.07) is 10.2. The van der Waals surface area contributed by atoms with Crippen molar-refractivity contribution in [3.05, 3.63) is 58.5 Å². The molecule has 0 saturated carbocycles. The summed E-state index contributed by atoms with van der Waals surface area (Å²) in [5, 5.41) is 13.9. The predicted molar refractivity (Wildman–Crippen MR) is 91.2 cm³/mol. The van der Waals surface area contributed by atoms with E-state index in [1.165, 1.54) is 16.9 Å². The molecule has 3 aromatic heterocycles. The molecule has 0 N–H and O–H groups in total. The van der Waals surface area contributed by atoms with Crippen molar-refractivity contribution < 1.29 is 4.42 Å². The average Bonchev–Trinajstić information content (AvgIpc) is 3.21. The van der Waals surface area contributed by atoms with E-state index in [-0.39, 0.29) is 0 Å². The highest BCUT2D eigenvalue weighted by molar-refractivity contribution is 7.17. The van der Waals surface area contributed by atoms with Crippen LogP contribution in [-0.4, -0.2) is 19.8 Å². The molecular weight excluding hydrogens is 308 g/mol. The zero-order valence-corrected chi connectivity index (χ0v) is 13.5. The van der Waals surface area contributed by atoms with Gasteiger partial charge in [-0.2, -0.15) is 9.61 Å². The SMILES string of the molecule is Cc1cccc(C=Cc2nn3c(-c4ccoc4C)nnc3s2)c1. The molecule has 4 rings (SSSR count). The van der Waals surface area contributed by atoms with E-state index in [2.05, 4.69) is 46.5 Å². The van der Waals surface area contributed by atoms with E-state index in [0.717, 1.165) is 26.9 Å². The van der Waals surface area contributed by atoms with Crippen LogP contribution in [0.4, 0.5) is 0 Å². The van der Waals surface area contributed by atoms with Gasteiger partial charge in [0.2, 0.25) is 4.96 Å². The third kappa shape index (κ3) is 2.57. The minimum Gasteiger partial charge on any atom is -0.469 e. The fourth-order valence-electron chi connectivity index (χ4n) is 2.43. The summed E-state index contributed by atoms with van der Waals surface area (Å²) in [4.78, 5) is 0.768. The van der Waals surface area contributed by atoms with Crippen molar-refractivity contribution >= 4 is 28.4 Å². The van der Waals surface area contributed by atoms with Crippen LogP contribution >= 0.6 is 11.3 Å². The lowest BCUT2D eigenvalue weighted by Crippen LogP contribution is -1.90. The Kier molecular flexibility index (Phi) is 3.31. The van der Waals surface area contributed by atoms with Crippen LogP contribution in [0.5, 0.6) is 0 Å². The van der Waals surface area contributed by atoms with Crippen LogP contribution in [0.25, 0.3) is 28.5 Å². The Balaban J connectivity index is 1.70. The summed E-state index contributed by atoms with van der Waals surface area (Å²) in [5.74, 6) is 1.52. The van der Waals surface area contributed by atoms with Crippen molar-refractivity contribution in [3.63, 3.8) is 0 Å². The van der Waals surface area contributed by atoms with Crippen LogP contribution in [0.1, 0.15) is 21.9 Å². The van der Waals surface area contributed by atoms with Gasteiger partial charge in [-0.15, -0.1) is 10.2 Å². The highest BCUT2D eigenvalue weighted by atomic mass is 32.1. The molecule has 0 spiro atoms. The van der Waals surface area contributed by atoms with Gasteiger partial charge in [0.25, 0.3) is 0 Å². The molecule has 0 radical (unpaired) electrons. The van der Waals surface area contributed by atoms with Crippen LogP contribution in [0, 0.1) is 13.8 Å². The van der Waals surface area contributed by atoms with E-state index in [9.17, 15) is 0 Å². The minimum atomic E-state index is 0.706. The third-order valence-electron chi connectivity index (χ3n) is 3.57. The molecule has 0 fully saturated rings. The molecule has 0 unspecified atom stereocenters. The number of nitrogens with zero attached hydrogens (tertiary/aromatic N) is 4. The van der Waals surface area contributed by atoms with Crippen molar-refractivity contribution in [1.82, 2.24) is 19.8 Å². The van der Waals surface area contributed by atoms with Crippen LogP contribution in [0.2, 0.25) is 0 Å². The Labute approximate surface area is 136 Å². The molecule has 0 atom stereocenters. The van der Waals surface area contributed by atoms with Gasteiger partial charge in [-0.25, -0.2) is 0 Å². The maximum absolute atomic E-state index is 5.34. The molecular formula is C17H14N4OS. The fraction of sp³-hybridized carbons (Fsp3) is 0.118. The maximum atomic E-state index is 5.34. The Morgan fingerprint density at radius 1 is 1.13 bits per heavy atom. The number of furan rings is 1. The van der Waals surface area contributed by atoms with Gasteiger partial charge in [0.15, 0.2) is 5.82 Å². The first kappa shape index (κ1) is 13.9. The second-order valence-electron chi connectivity index (χ2n) is 5.30. The number of aromatic nitrogens is 4. The quantitative estimate of drug-likeness (QED) is 0.566. The average molecular weight is 322 g/mol. The van der Waals surface area contributed by atoms with Crippen molar-refractivity contribution in [2.24, 2.45) is 0 Å². The first-order chi connectivity index (χ1) is 11.2. The summed E-state index contributed by atoms with van der Waals surface area (Å²) >= 11 is 1.51. The lowest BCUT2D eigenvalue weighted by Gasteiger charge is -1.94. The van der Waals surface area contributed by atoms with E-state index < -0.39 is 0 Å². The highest BCUT2D eigenvalue weighted by Gasteiger charge is 2.15. The first-order valence-electron chi connectivity index (χ1n) is 7.22. The van der Waals surface area contributed by atoms with Crippen molar-refractivity contribution in [1.29, 1.82) is 0 Å². The van der Waals surface area contributed by atoms with Gasteiger partial charge in [0.1, 0.15) is 10.8 Å². The summed E-state index contributed by atoms with van der Waals surface area (Å²) in [6.07, 6.45) is 5.71. The number of rotatable bonds is 3. The van der Waals surface area contributed by atoms with Gasteiger partial charge >= 0.3 is 0 Å². The number of aryl methyl sites for hydroxylation is 2. The Morgan fingerprint density at radius 3 is 2.83 bits per heavy atom. The number of hydrogen-bond acceptors (Lipinski definition) is 5. The van der Waals surface area contributed by atoms with Crippen LogP contribution in [0.3, 0.4) is 0 Å². The lowest BCUT2D eigenvalue weighted by atomic mass is 10.1. The van der Waals surface area contributed by atoms with Crippen molar-refractivity contribution in [2.45, 2.75) is 13.8 Å². The normalized spacial score (nSPS) is 11.7. The van der Waals surface area contributed by atoms with E-state index in [0.29, 0.717) is 5.82 Å². The van der Waals surface area contributed by atoms with Gasteiger partial charge in [0.05, 0.1) is 11.8 Å². The Hall–Kier alpha value is -2.73. The van der Waals surface area contributed by atoms with Gasteiger partial charge in [-0.3, -0.25) is 0 Å². The highest BCUT2D eigenvalue weighted by Crippen LogP contribution is 2.25. The van der Waals surface area contributed by atoms with Gasteiger partial charge in [-0.05, 0) is 31.6 Å². The molecule has 5 nitrogen and oxygen atoms in total. The molecule has 1 aromatic carbocycles. The predicted octanol–water partition coefficient (Wildman–Crippen LogP) is 4.23. The summed E-state index contributed by atoms with van der Waals surface area (Å²) in [6.45, 7) is 3.99. The zero-order chi connectivity index (χ0) is 15.8. The van der Waals surface area contributed by atoms with E-state index >= 15 is 0 Å². The monoisotopic (exact) mass is 322 g/mol. The molecule has 114 valence electrons. The van der Waals surface area contributed by atoms with Crippen molar-refractivity contribution in [2.75, 3.05) is 0 Å². The van der Waals surface area contributed by atoms with Gasteiger partial charge in [0, 0.05) is 0 Å². The zero-order valence-electron chi connectivity index (χ0n) is 12.7. The van der Waals surface area contributed by atoms with E-state index in [1.54, 1.807) is 10.8 Å². The summed E-state index contributed by atoms with van der Waals surface area (Å²) in [5.41, 5.74) is 3.31. The standard InChI is InChI=1S/C17H14N4OS/c1-11-4-3-5-13(10-11)6-7-15-20-21-16(18-19-17(21)23-15)14-8-9-22-12(14)2/h3-10H,1-2H3. The maximum Gasteiger partial charge on any atom is 0.235 e. The second kappa shape index (κ2) is 5.48. The molecule has 0 aliphatic carbocycles. The van der Waals surface area contributed by atoms with E-state index in [1.807, 2.05) is 25.1 Å². The largest absolute Gasteiger partial charge is 0.469 e. The third-order valence-corrected chi connectivity index (χ3v) is 4.43. The molecule has 23 heavy (non-hydrogen) atoms. The Morgan fingerprint density at radius 2 is 2.04 bits per heavy atom. The molecule has 0 aliphatic heterocycles. The molecule has 0 aliphatic rings. The minimum absolute atomic E-state index is 0.706.